The van der Waals surface area contributed by atoms with Crippen LogP contribution in [0.25, 0.3) is 0 Å². The number of nitrogens with one attached hydrogen (secondary N) is 1. The first-order valence-corrected chi connectivity index (χ1v) is 6.98. The zero-order valence-corrected chi connectivity index (χ0v) is 10.5. The minimum Gasteiger partial charge on any atom is -0.314 e. The van der Waals surface area contributed by atoms with E-state index in [1.165, 1.54) is 25.8 Å². The predicted molar refractivity (Wildman–Crippen MR) is 66.6 cm³/mol. The first-order valence-electron chi connectivity index (χ1n) is 6.98. The van der Waals surface area contributed by atoms with E-state index in [0.717, 1.165) is 39.1 Å². The van der Waals surface area contributed by atoms with E-state index in [9.17, 15) is 5.26 Å². The molecule has 0 radical (unpaired) electrons. The van der Waals surface area contributed by atoms with Crippen LogP contribution in [0.15, 0.2) is 0 Å². The van der Waals surface area contributed by atoms with Crippen molar-refractivity contribution in [1.29, 1.82) is 5.26 Å². The molecule has 2 atom stereocenters. The Morgan fingerprint density at radius 1 is 1.12 bits per heavy atom. The van der Waals surface area contributed by atoms with Crippen LogP contribution in [0.3, 0.4) is 0 Å². The molecule has 0 amide bonds. The summed E-state index contributed by atoms with van der Waals surface area (Å²) in [7, 11) is 0. The number of nitrogens with zero attached hydrogens (tertiary/aromatic N) is 3. The van der Waals surface area contributed by atoms with Gasteiger partial charge in [-0.15, -0.1) is 0 Å². The van der Waals surface area contributed by atoms with Gasteiger partial charge in [-0.1, -0.05) is 6.42 Å². The maximum absolute atomic E-state index is 9.77. The van der Waals surface area contributed by atoms with E-state index in [4.69, 9.17) is 0 Å². The SMILES string of the molecule is N#CC1(N2CCNCC2)CCN2CCCCC21. The van der Waals surface area contributed by atoms with Crippen LogP contribution in [-0.2, 0) is 0 Å². The van der Waals surface area contributed by atoms with Gasteiger partial charge in [0.05, 0.1) is 6.07 Å². The second-order valence-electron chi connectivity index (χ2n) is 5.57. The molecule has 3 fully saturated rings. The maximum Gasteiger partial charge on any atom is 0.126 e. The fraction of sp³-hybridized carbons (Fsp3) is 0.923. The Morgan fingerprint density at radius 3 is 2.71 bits per heavy atom. The molecule has 4 heteroatoms. The lowest BCUT2D eigenvalue weighted by molar-refractivity contribution is 0.0612. The highest BCUT2D eigenvalue weighted by molar-refractivity contribution is 5.20. The summed E-state index contributed by atoms with van der Waals surface area (Å²) in [5.74, 6) is 0. The van der Waals surface area contributed by atoms with E-state index in [1.807, 2.05) is 0 Å². The lowest BCUT2D eigenvalue weighted by Gasteiger charge is -2.45. The van der Waals surface area contributed by atoms with Crippen molar-refractivity contribution in [3.05, 3.63) is 0 Å². The highest BCUT2D eigenvalue weighted by Gasteiger charge is 2.52. The molecule has 3 saturated heterocycles. The van der Waals surface area contributed by atoms with Crippen LogP contribution in [0, 0.1) is 11.3 Å². The van der Waals surface area contributed by atoms with Gasteiger partial charge in [-0.25, -0.2) is 0 Å². The molecule has 3 heterocycles. The molecular formula is C13H22N4. The van der Waals surface area contributed by atoms with Crippen LogP contribution in [0.1, 0.15) is 25.7 Å². The predicted octanol–water partition coefficient (Wildman–Crippen LogP) is 0.412. The molecule has 17 heavy (non-hydrogen) atoms. The highest BCUT2D eigenvalue weighted by atomic mass is 15.3. The number of hydrogen-bond acceptors (Lipinski definition) is 4. The van der Waals surface area contributed by atoms with E-state index < -0.39 is 0 Å². The molecule has 2 unspecified atom stereocenters. The molecule has 1 N–H and O–H groups in total. The van der Waals surface area contributed by atoms with E-state index in [2.05, 4.69) is 21.2 Å². The van der Waals surface area contributed by atoms with Crippen LogP contribution >= 0.6 is 0 Å². The first kappa shape index (κ1) is 11.5. The van der Waals surface area contributed by atoms with E-state index in [-0.39, 0.29) is 5.54 Å². The molecular weight excluding hydrogens is 212 g/mol. The van der Waals surface area contributed by atoms with Crippen LogP contribution < -0.4 is 5.32 Å². The van der Waals surface area contributed by atoms with Gasteiger partial charge in [-0.05, 0) is 25.8 Å². The van der Waals surface area contributed by atoms with E-state index in [1.54, 1.807) is 0 Å². The quantitative estimate of drug-likeness (QED) is 0.714. The van der Waals surface area contributed by atoms with E-state index in [0.29, 0.717) is 6.04 Å². The Morgan fingerprint density at radius 2 is 1.94 bits per heavy atom. The summed E-state index contributed by atoms with van der Waals surface area (Å²) >= 11 is 0. The summed E-state index contributed by atoms with van der Waals surface area (Å²) in [4.78, 5) is 5.02. The summed E-state index contributed by atoms with van der Waals surface area (Å²) in [6.45, 7) is 6.49. The van der Waals surface area contributed by atoms with Gasteiger partial charge in [0, 0.05) is 38.8 Å². The Balaban J connectivity index is 1.83. The Hall–Kier alpha value is -0.630. The summed E-state index contributed by atoms with van der Waals surface area (Å²) in [5, 5.41) is 13.2. The number of nitriles is 1. The number of hydrogen-bond donors (Lipinski definition) is 1. The third kappa shape index (κ3) is 1.77. The Kier molecular flexibility index (Phi) is 3.08. The number of piperidine rings is 1. The molecule has 0 aromatic carbocycles. The molecule has 0 spiro atoms. The highest BCUT2D eigenvalue weighted by Crippen LogP contribution is 2.39. The van der Waals surface area contributed by atoms with Gasteiger partial charge in [0.2, 0.25) is 0 Å². The zero-order valence-electron chi connectivity index (χ0n) is 10.5. The number of fused-ring (bicyclic) bond motifs is 1. The molecule has 0 aromatic heterocycles. The van der Waals surface area contributed by atoms with Crippen molar-refractivity contribution in [3.63, 3.8) is 0 Å². The van der Waals surface area contributed by atoms with Crippen LogP contribution in [0.5, 0.6) is 0 Å². The molecule has 0 aromatic rings. The van der Waals surface area contributed by atoms with Crippen molar-refractivity contribution in [1.82, 2.24) is 15.1 Å². The average Bonchev–Trinajstić information content (AvgIpc) is 2.80. The van der Waals surface area contributed by atoms with Crippen molar-refractivity contribution in [2.45, 2.75) is 37.3 Å². The molecule has 3 rings (SSSR count). The van der Waals surface area contributed by atoms with Crippen molar-refractivity contribution in [2.75, 3.05) is 39.3 Å². The smallest absolute Gasteiger partial charge is 0.126 e. The minimum atomic E-state index is -0.178. The summed E-state index contributed by atoms with van der Waals surface area (Å²) in [6.07, 6.45) is 4.89. The lowest BCUT2D eigenvalue weighted by Crippen LogP contribution is -2.61. The molecule has 4 nitrogen and oxygen atoms in total. The van der Waals surface area contributed by atoms with Gasteiger partial charge in [-0.3, -0.25) is 9.80 Å². The lowest BCUT2D eigenvalue weighted by atomic mass is 9.84. The molecule has 94 valence electrons. The normalized spacial score (nSPS) is 39.8. The Labute approximate surface area is 104 Å². The minimum absolute atomic E-state index is 0.178. The van der Waals surface area contributed by atoms with Crippen LogP contribution in [-0.4, -0.2) is 60.6 Å². The van der Waals surface area contributed by atoms with Crippen molar-refractivity contribution in [3.8, 4) is 6.07 Å². The topological polar surface area (TPSA) is 42.3 Å². The maximum atomic E-state index is 9.77. The van der Waals surface area contributed by atoms with Gasteiger partial charge < -0.3 is 5.32 Å². The van der Waals surface area contributed by atoms with Gasteiger partial charge in [0.25, 0.3) is 0 Å². The Bertz CT molecular complexity index is 318. The average molecular weight is 234 g/mol. The zero-order chi connectivity index (χ0) is 11.7. The standard InChI is InChI=1S/C13H22N4/c14-11-13(17-9-5-15-6-10-17)4-8-16-7-2-1-3-12(13)16/h12,15H,1-10H2. The molecule has 0 bridgehead atoms. The third-order valence-electron chi connectivity index (χ3n) is 4.82. The van der Waals surface area contributed by atoms with E-state index >= 15 is 0 Å². The number of rotatable bonds is 1. The summed E-state index contributed by atoms with van der Waals surface area (Å²) < 4.78 is 0. The van der Waals surface area contributed by atoms with Gasteiger partial charge in [0.1, 0.15) is 5.54 Å². The van der Waals surface area contributed by atoms with Gasteiger partial charge >= 0.3 is 0 Å². The second-order valence-corrected chi connectivity index (χ2v) is 5.57. The third-order valence-corrected chi connectivity index (χ3v) is 4.82. The molecule has 0 saturated carbocycles. The number of piperazine rings is 1. The van der Waals surface area contributed by atoms with Gasteiger partial charge in [-0.2, -0.15) is 5.26 Å². The molecule has 3 aliphatic heterocycles. The summed E-state index contributed by atoms with van der Waals surface area (Å²) in [5.41, 5.74) is -0.178. The second kappa shape index (κ2) is 4.56. The van der Waals surface area contributed by atoms with Crippen molar-refractivity contribution in [2.24, 2.45) is 0 Å². The molecule has 3 aliphatic rings. The van der Waals surface area contributed by atoms with Crippen LogP contribution in [0.2, 0.25) is 0 Å². The summed E-state index contributed by atoms with van der Waals surface area (Å²) in [6, 6.07) is 3.20. The van der Waals surface area contributed by atoms with Crippen molar-refractivity contribution >= 4 is 0 Å². The fourth-order valence-corrected chi connectivity index (χ4v) is 3.91. The van der Waals surface area contributed by atoms with Crippen LogP contribution in [0.4, 0.5) is 0 Å². The van der Waals surface area contributed by atoms with Gasteiger partial charge in [0.15, 0.2) is 0 Å². The monoisotopic (exact) mass is 234 g/mol. The fourth-order valence-electron chi connectivity index (χ4n) is 3.91. The van der Waals surface area contributed by atoms with Crippen molar-refractivity contribution < 1.29 is 0 Å². The first-order chi connectivity index (χ1) is 8.37. The molecule has 0 aliphatic carbocycles. The largest absolute Gasteiger partial charge is 0.314 e.